The van der Waals surface area contributed by atoms with Gasteiger partial charge >= 0.3 is 6.18 Å². The number of aromatic nitrogens is 1. The van der Waals surface area contributed by atoms with Gasteiger partial charge in [0, 0.05) is 6.54 Å². The minimum Gasteiger partial charge on any atom is -0.382 e. The lowest BCUT2D eigenvalue weighted by molar-refractivity contribution is -0.119. The summed E-state index contributed by atoms with van der Waals surface area (Å²) < 4.78 is 40.6. The molecule has 0 aliphatic rings. The highest BCUT2D eigenvalue weighted by atomic mass is 32.1. The minimum atomic E-state index is -4.37. The average molecular weight is 268 g/mol. The lowest BCUT2D eigenvalue weighted by Gasteiger charge is -2.22. The van der Waals surface area contributed by atoms with Crippen molar-refractivity contribution in [1.82, 2.24) is 4.37 Å². The first-order chi connectivity index (χ1) is 7.76. The second-order valence-electron chi connectivity index (χ2n) is 3.24. The zero-order valence-corrected chi connectivity index (χ0v) is 9.73. The van der Waals surface area contributed by atoms with Crippen molar-refractivity contribution in [2.45, 2.75) is 13.1 Å². The van der Waals surface area contributed by atoms with Crippen LogP contribution in [-0.4, -0.2) is 29.5 Å². The van der Waals surface area contributed by atoms with Gasteiger partial charge in [-0.25, -0.2) is 0 Å². The Balaban J connectivity index is 3.08. The van der Waals surface area contributed by atoms with Crippen LogP contribution in [0.4, 0.5) is 24.0 Å². The normalized spacial score (nSPS) is 11.5. The van der Waals surface area contributed by atoms with Crippen LogP contribution in [0, 0.1) is 0 Å². The average Bonchev–Trinajstić information content (AvgIpc) is 2.55. The number of amides is 1. The second-order valence-corrected chi connectivity index (χ2v) is 3.99. The number of carbonyl (C=O) groups is 1. The van der Waals surface area contributed by atoms with Gasteiger partial charge in [-0.3, -0.25) is 4.79 Å². The lowest BCUT2D eigenvalue weighted by Crippen LogP contribution is -2.34. The molecule has 0 saturated heterocycles. The maximum atomic E-state index is 12.3. The molecular weight excluding hydrogens is 257 g/mol. The molecule has 1 aromatic rings. The zero-order valence-electron chi connectivity index (χ0n) is 8.91. The van der Waals surface area contributed by atoms with Crippen molar-refractivity contribution in [1.29, 1.82) is 0 Å². The molecular formula is C8H11F3N4OS. The van der Waals surface area contributed by atoms with Gasteiger partial charge in [0.1, 0.15) is 17.1 Å². The molecule has 0 fully saturated rings. The molecule has 4 N–H and O–H groups in total. The monoisotopic (exact) mass is 268 g/mol. The molecule has 0 aliphatic carbocycles. The van der Waals surface area contributed by atoms with E-state index in [2.05, 4.69) is 4.37 Å². The number of nitrogens with two attached hydrogens (primary N) is 2. The molecule has 9 heteroatoms. The van der Waals surface area contributed by atoms with E-state index in [1.54, 1.807) is 0 Å². The zero-order chi connectivity index (χ0) is 13.2. The third-order valence-corrected chi connectivity index (χ3v) is 2.91. The van der Waals surface area contributed by atoms with Crippen molar-refractivity contribution < 1.29 is 18.0 Å². The second kappa shape index (κ2) is 4.78. The van der Waals surface area contributed by atoms with E-state index < -0.39 is 18.6 Å². The fraction of sp³-hybridized carbons (Fsp3) is 0.500. The van der Waals surface area contributed by atoms with Gasteiger partial charge in [-0.1, -0.05) is 0 Å². The van der Waals surface area contributed by atoms with Gasteiger partial charge in [-0.15, -0.1) is 0 Å². The van der Waals surface area contributed by atoms with E-state index in [-0.39, 0.29) is 22.9 Å². The van der Waals surface area contributed by atoms with E-state index in [0.717, 1.165) is 16.4 Å². The third-order valence-electron chi connectivity index (χ3n) is 1.99. The number of hydrogen-bond donors (Lipinski definition) is 2. The molecule has 1 heterocycles. The topological polar surface area (TPSA) is 85.2 Å². The third kappa shape index (κ3) is 3.22. The molecule has 0 radical (unpaired) electrons. The number of anilines is 2. The Morgan fingerprint density at radius 1 is 1.53 bits per heavy atom. The smallest absolute Gasteiger partial charge is 0.382 e. The number of nitrogen functional groups attached to an aromatic ring is 1. The quantitative estimate of drug-likeness (QED) is 0.859. The molecule has 0 aromatic carbocycles. The van der Waals surface area contributed by atoms with Gasteiger partial charge in [0.25, 0.3) is 5.91 Å². The first-order valence-electron chi connectivity index (χ1n) is 4.63. The van der Waals surface area contributed by atoms with Crippen molar-refractivity contribution in [2.24, 2.45) is 5.73 Å². The standard InChI is InChI=1S/C8H11F3N4OS/c1-2-15(3-8(9,10)11)7-4(6(13)16)5(12)14-17-7/h2-3H2,1H3,(H2,12,14)(H2,13,16). The van der Waals surface area contributed by atoms with Crippen LogP contribution in [0.5, 0.6) is 0 Å². The van der Waals surface area contributed by atoms with Crippen molar-refractivity contribution in [3.05, 3.63) is 5.56 Å². The Bertz CT molecular complexity index is 417. The molecule has 0 spiro atoms. The summed E-state index contributed by atoms with van der Waals surface area (Å²) in [5.74, 6) is -1.02. The maximum Gasteiger partial charge on any atom is 0.405 e. The fourth-order valence-corrected chi connectivity index (χ4v) is 2.17. The number of hydrogen-bond acceptors (Lipinski definition) is 5. The summed E-state index contributed by atoms with van der Waals surface area (Å²) in [5, 5.41) is 0.0508. The predicted molar refractivity (Wildman–Crippen MR) is 59.0 cm³/mol. The van der Waals surface area contributed by atoms with Gasteiger partial charge in [-0.05, 0) is 18.5 Å². The molecule has 1 aromatic heterocycles. The number of halogens is 3. The van der Waals surface area contributed by atoms with Crippen LogP contribution in [-0.2, 0) is 0 Å². The summed E-state index contributed by atoms with van der Waals surface area (Å²) in [5.41, 5.74) is 10.3. The summed E-state index contributed by atoms with van der Waals surface area (Å²) in [6, 6.07) is 0. The van der Waals surface area contributed by atoms with Crippen LogP contribution >= 0.6 is 11.5 Å². The highest BCUT2D eigenvalue weighted by Crippen LogP contribution is 2.32. The van der Waals surface area contributed by atoms with Gasteiger partial charge < -0.3 is 16.4 Å². The Morgan fingerprint density at radius 3 is 2.53 bits per heavy atom. The Kier molecular flexibility index (Phi) is 3.81. The van der Waals surface area contributed by atoms with Crippen LogP contribution in [0.2, 0.25) is 0 Å². The molecule has 5 nitrogen and oxygen atoms in total. The first-order valence-corrected chi connectivity index (χ1v) is 5.40. The van der Waals surface area contributed by atoms with E-state index in [1.165, 1.54) is 6.92 Å². The van der Waals surface area contributed by atoms with Crippen molar-refractivity contribution >= 4 is 28.3 Å². The van der Waals surface area contributed by atoms with E-state index in [1.807, 2.05) is 0 Å². The maximum absolute atomic E-state index is 12.3. The van der Waals surface area contributed by atoms with Gasteiger partial charge in [0.2, 0.25) is 0 Å². The molecule has 17 heavy (non-hydrogen) atoms. The summed E-state index contributed by atoms with van der Waals surface area (Å²) in [6.07, 6.45) is -4.37. The molecule has 0 bridgehead atoms. The number of primary amides is 1. The molecule has 0 saturated carbocycles. The van der Waals surface area contributed by atoms with Crippen LogP contribution in [0.1, 0.15) is 17.3 Å². The van der Waals surface area contributed by atoms with Crippen molar-refractivity contribution in [2.75, 3.05) is 23.7 Å². The Labute approximate surface area is 99.4 Å². The summed E-state index contributed by atoms with van der Waals surface area (Å²) in [7, 11) is 0. The summed E-state index contributed by atoms with van der Waals surface area (Å²) in [6.45, 7) is 0.430. The van der Waals surface area contributed by atoms with E-state index in [4.69, 9.17) is 11.5 Å². The summed E-state index contributed by atoms with van der Waals surface area (Å²) in [4.78, 5) is 12.1. The molecule has 1 rings (SSSR count). The van der Waals surface area contributed by atoms with Crippen LogP contribution < -0.4 is 16.4 Å². The van der Waals surface area contributed by atoms with Crippen molar-refractivity contribution in [3.63, 3.8) is 0 Å². The van der Waals surface area contributed by atoms with E-state index in [9.17, 15) is 18.0 Å². The van der Waals surface area contributed by atoms with Crippen molar-refractivity contribution in [3.8, 4) is 0 Å². The van der Waals surface area contributed by atoms with E-state index >= 15 is 0 Å². The number of nitrogens with zero attached hydrogens (tertiary/aromatic N) is 2. The van der Waals surface area contributed by atoms with Crippen LogP contribution in [0.25, 0.3) is 0 Å². The highest BCUT2D eigenvalue weighted by Gasteiger charge is 2.33. The van der Waals surface area contributed by atoms with Crippen LogP contribution in [0.15, 0.2) is 0 Å². The number of rotatable bonds is 4. The molecule has 0 atom stereocenters. The number of alkyl halides is 3. The fourth-order valence-electron chi connectivity index (χ4n) is 1.28. The van der Waals surface area contributed by atoms with Gasteiger partial charge in [0.15, 0.2) is 5.82 Å². The van der Waals surface area contributed by atoms with Crippen LogP contribution in [0.3, 0.4) is 0 Å². The number of carbonyl (C=O) groups excluding carboxylic acids is 1. The summed E-state index contributed by atoms with van der Waals surface area (Å²) >= 11 is 0.728. The van der Waals surface area contributed by atoms with Gasteiger partial charge in [0.05, 0.1) is 0 Å². The largest absolute Gasteiger partial charge is 0.405 e. The minimum absolute atomic E-state index is 0.0508. The predicted octanol–water partition coefficient (Wildman–Crippen LogP) is 1.21. The molecule has 96 valence electrons. The van der Waals surface area contributed by atoms with Gasteiger partial charge in [-0.2, -0.15) is 17.5 Å². The lowest BCUT2D eigenvalue weighted by atomic mass is 10.3. The highest BCUT2D eigenvalue weighted by molar-refractivity contribution is 7.11. The molecule has 1 amide bonds. The SMILES string of the molecule is CCN(CC(F)(F)F)c1snc(N)c1C(N)=O. The Hall–Kier alpha value is -1.51. The van der Waals surface area contributed by atoms with E-state index in [0.29, 0.717) is 0 Å². The molecule has 0 aliphatic heterocycles. The first kappa shape index (κ1) is 13.6. The Morgan fingerprint density at radius 2 is 2.12 bits per heavy atom. The molecule has 0 unspecified atom stereocenters.